The number of thioether (sulfide) groups is 1. The number of carbonyl (C=O) groups excluding carboxylic acids is 1. The molecule has 0 aromatic heterocycles. The first-order valence-corrected chi connectivity index (χ1v) is 9.81. The molecule has 1 heterocycles. The van der Waals surface area contributed by atoms with Crippen LogP contribution in [0.4, 0.5) is 0 Å². The second-order valence-electron chi connectivity index (χ2n) is 5.68. The van der Waals surface area contributed by atoms with E-state index in [1.807, 2.05) is 12.2 Å². The molecule has 2 unspecified atom stereocenters. The van der Waals surface area contributed by atoms with E-state index in [2.05, 4.69) is 0 Å². The van der Waals surface area contributed by atoms with Gasteiger partial charge >= 0.3 is 0 Å². The molecule has 0 spiro atoms. The molecule has 1 saturated heterocycles. The van der Waals surface area contributed by atoms with E-state index in [1.165, 1.54) is 24.9 Å². The lowest BCUT2D eigenvalue weighted by molar-refractivity contribution is -0.269. The maximum absolute atomic E-state index is 12.2. The molecule has 2 rings (SSSR count). The Labute approximate surface area is 169 Å². The average molecular weight is 416 g/mol. The van der Waals surface area contributed by atoms with E-state index in [0.717, 1.165) is 11.3 Å². The number of rotatable bonds is 10. The van der Waals surface area contributed by atoms with Gasteiger partial charge in [-0.25, -0.2) is 0 Å². The van der Waals surface area contributed by atoms with Crippen molar-refractivity contribution >= 4 is 34.2 Å². The molecular formula is C18H25NO6S2. The van der Waals surface area contributed by atoms with Crippen molar-refractivity contribution in [3.63, 3.8) is 0 Å². The number of amides is 1. The van der Waals surface area contributed by atoms with Crippen LogP contribution < -0.4 is 0 Å². The Balaban J connectivity index is 1.99. The van der Waals surface area contributed by atoms with Crippen LogP contribution in [-0.2, 0) is 28.5 Å². The average Bonchev–Trinajstić information content (AvgIpc) is 3.12. The molecule has 9 heteroatoms. The van der Waals surface area contributed by atoms with E-state index in [9.17, 15) is 4.79 Å². The van der Waals surface area contributed by atoms with E-state index in [-0.39, 0.29) is 12.7 Å². The van der Waals surface area contributed by atoms with Crippen molar-refractivity contribution in [3.05, 3.63) is 36.0 Å². The maximum Gasteiger partial charge on any atom is 0.252 e. The Hall–Kier alpha value is -1.07. The van der Waals surface area contributed by atoms with Crippen molar-refractivity contribution in [2.75, 3.05) is 53.6 Å². The third kappa shape index (κ3) is 5.95. The van der Waals surface area contributed by atoms with Crippen molar-refractivity contribution in [2.24, 2.45) is 0 Å². The Morgan fingerprint density at radius 3 is 2.85 bits per heavy atom. The molecule has 1 aliphatic carbocycles. The molecule has 27 heavy (non-hydrogen) atoms. The molecule has 0 aromatic carbocycles. The number of thiocarbonyl (C=S) groups is 1. The van der Waals surface area contributed by atoms with Crippen LogP contribution in [0.15, 0.2) is 36.0 Å². The number of hydrogen-bond donors (Lipinski definition) is 0. The lowest BCUT2D eigenvalue weighted by atomic mass is 9.98. The van der Waals surface area contributed by atoms with Crippen LogP contribution >= 0.6 is 24.0 Å². The zero-order valence-electron chi connectivity index (χ0n) is 15.7. The Morgan fingerprint density at radius 1 is 1.41 bits per heavy atom. The number of methoxy groups -OCH3 is 3. The van der Waals surface area contributed by atoms with Gasteiger partial charge in [0.05, 0.1) is 13.2 Å². The zero-order valence-corrected chi connectivity index (χ0v) is 17.3. The van der Waals surface area contributed by atoms with Crippen LogP contribution in [-0.4, -0.2) is 80.7 Å². The van der Waals surface area contributed by atoms with E-state index >= 15 is 0 Å². The smallest absolute Gasteiger partial charge is 0.252 e. The van der Waals surface area contributed by atoms with Gasteiger partial charge in [0, 0.05) is 39.7 Å². The number of nitrogens with zero attached hydrogens (tertiary/aromatic N) is 1. The van der Waals surface area contributed by atoms with Crippen molar-refractivity contribution in [1.29, 1.82) is 0 Å². The molecule has 1 fully saturated rings. The van der Waals surface area contributed by atoms with Gasteiger partial charge in [-0.05, 0) is 23.8 Å². The highest BCUT2D eigenvalue weighted by molar-refractivity contribution is 8.23. The summed E-state index contributed by atoms with van der Waals surface area (Å²) in [5.74, 6) is -0.386. The molecule has 1 aliphatic heterocycles. The maximum atomic E-state index is 12.2. The van der Waals surface area contributed by atoms with Crippen LogP contribution in [0.5, 0.6) is 0 Å². The second kappa shape index (κ2) is 11.1. The minimum atomic E-state index is -1.10. The van der Waals surface area contributed by atoms with Gasteiger partial charge in [-0.2, -0.15) is 0 Å². The quantitative estimate of drug-likeness (QED) is 0.232. The van der Waals surface area contributed by atoms with Crippen LogP contribution in [0.2, 0.25) is 0 Å². The molecule has 2 aliphatic rings. The summed E-state index contributed by atoms with van der Waals surface area (Å²) in [5.41, 5.74) is 0.810. The summed E-state index contributed by atoms with van der Waals surface area (Å²) in [7, 11) is 4.71. The monoisotopic (exact) mass is 415 g/mol. The minimum absolute atomic E-state index is 0.0307. The van der Waals surface area contributed by atoms with Crippen LogP contribution in [0.25, 0.3) is 0 Å². The molecule has 0 bridgehead atoms. The molecule has 0 saturated carbocycles. The summed E-state index contributed by atoms with van der Waals surface area (Å²) >= 11 is 6.69. The fraction of sp³-hybridized carbons (Fsp3) is 0.556. The van der Waals surface area contributed by atoms with E-state index < -0.39 is 11.9 Å². The molecule has 0 aromatic rings. The normalized spacial score (nSPS) is 25.4. The first-order valence-electron chi connectivity index (χ1n) is 8.42. The highest BCUT2D eigenvalue weighted by atomic mass is 32.2. The van der Waals surface area contributed by atoms with Gasteiger partial charge in [0.15, 0.2) is 6.79 Å². The lowest BCUT2D eigenvalue weighted by Crippen LogP contribution is -2.47. The third-order valence-corrected chi connectivity index (χ3v) is 5.49. The SMILES string of the molecule is COCCOCOC1(OC)C=CC(C=CC(=O)N2CCSC2=S)=CC1OC. The summed E-state index contributed by atoms with van der Waals surface area (Å²) in [6.07, 6.45) is 8.13. The van der Waals surface area contributed by atoms with Crippen molar-refractivity contribution < 1.29 is 28.5 Å². The van der Waals surface area contributed by atoms with Gasteiger partial charge in [0.2, 0.25) is 5.79 Å². The fourth-order valence-corrected chi connectivity index (χ4v) is 3.77. The van der Waals surface area contributed by atoms with Gasteiger partial charge in [-0.3, -0.25) is 9.69 Å². The van der Waals surface area contributed by atoms with Crippen molar-refractivity contribution in [1.82, 2.24) is 4.90 Å². The first-order chi connectivity index (χ1) is 13.1. The molecule has 7 nitrogen and oxygen atoms in total. The molecule has 1 amide bonds. The van der Waals surface area contributed by atoms with Crippen LogP contribution in [0.3, 0.4) is 0 Å². The molecule has 150 valence electrons. The Kier molecular flexibility index (Phi) is 9.10. The van der Waals surface area contributed by atoms with Gasteiger partial charge in [0.1, 0.15) is 10.4 Å². The predicted molar refractivity (Wildman–Crippen MR) is 107 cm³/mol. The van der Waals surface area contributed by atoms with Gasteiger partial charge < -0.3 is 23.7 Å². The first kappa shape index (κ1) is 22.2. The third-order valence-electron chi connectivity index (χ3n) is 4.07. The Morgan fingerprint density at radius 2 is 2.22 bits per heavy atom. The highest BCUT2D eigenvalue weighted by Crippen LogP contribution is 2.29. The molecule has 0 N–H and O–H groups in total. The van der Waals surface area contributed by atoms with Gasteiger partial charge in [-0.1, -0.05) is 30.1 Å². The van der Waals surface area contributed by atoms with Crippen LogP contribution in [0, 0.1) is 0 Å². The number of hydrogen-bond acceptors (Lipinski definition) is 8. The van der Waals surface area contributed by atoms with Crippen molar-refractivity contribution in [3.8, 4) is 0 Å². The minimum Gasteiger partial charge on any atom is -0.382 e. The zero-order chi connectivity index (χ0) is 19.7. The molecule has 0 radical (unpaired) electrons. The number of carbonyl (C=O) groups is 1. The Bertz CT molecular complexity index is 621. The van der Waals surface area contributed by atoms with Crippen molar-refractivity contribution in [2.45, 2.75) is 11.9 Å². The highest BCUT2D eigenvalue weighted by Gasteiger charge is 2.39. The molecule has 2 atom stereocenters. The fourth-order valence-electron chi connectivity index (χ4n) is 2.56. The lowest BCUT2D eigenvalue weighted by Gasteiger charge is -2.36. The number of ether oxygens (including phenoxy) is 5. The van der Waals surface area contributed by atoms with E-state index in [1.54, 1.807) is 31.3 Å². The summed E-state index contributed by atoms with van der Waals surface area (Å²) in [6.45, 7) is 1.57. The summed E-state index contributed by atoms with van der Waals surface area (Å²) in [5, 5.41) is 0. The van der Waals surface area contributed by atoms with Gasteiger partial charge in [-0.15, -0.1) is 0 Å². The van der Waals surface area contributed by atoms with Gasteiger partial charge in [0.25, 0.3) is 5.91 Å². The van der Waals surface area contributed by atoms with E-state index in [0.29, 0.717) is 24.1 Å². The number of allylic oxidation sites excluding steroid dienone is 3. The second-order valence-corrected chi connectivity index (χ2v) is 7.41. The topological polar surface area (TPSA) is 66.5 Å². The standard InChI is InChI=1S/C18H25NO6S2/c1-21-9-10-24-13-25-18(23-3)7-6-14(12-15(18)22-2)4-5-16(20)19-8-11-27-17(19)26/h4-7,12,15H,8-11,13H2,1-3H3. The molecular weight excluding hydrogens is 390 g/mol. The summed E-state index contributed by atoms with van der Waals surface area (Å²) < 4.78 is 27.7. The van der Waals surface area contributed by atoms with E-state index in [4.69, 9.17) is 35.9 Å². The van der Waals surface area contributed by atoms with Crippen LogP contribution in [0.1, 0.15) is 0 Å². The summed E-state index contributed by atoms with van der Waals surface area (Å²) in [6, 6.07) is 0. The largest absolute Gasteiger partial charge is 0.382 e. The summed E-state index contributed by atoms with van der Waals surface area (Å²) in [4.78, 5) is 13.8. The predicted octanol–water partition coefficient (Wildman–Crippen LogP) is 1.89.